The molecule has 1 nitrogen and oxygen atoms in total. The maximum atomic E-state index is 2.51. The van der Waals surface area contributed by atoms with Gasteiger partial charge in [-0.2, -0.15) is 0 Å². The third kappa shape index (κ3) is 6.39. The van der Waals surface area contributed by atoms with Gasteiger partial charge in [-0.05, 0) is 149 Å². The molecule has 11 aromatic rings. The average molecular weight is 864 g/mol. The fourth-order valence-corrected chi connectivity index (χ4v) is 11.3. The Kier molecular flexibility index (Phi) is 9.47. The van der Waals surface area contributed by atoms with E-state index in [-0.39, 0.29) is 0 Å². The van der Waals surface area contributed by atoms with E-state index in [0.29, 0.717) is 0 Å². The molecule has 0 aromatic heterocycles. The zero-order chi connectivity index (χ0) is 45.0. The molecule has 0 saturated heterocycles. The van der Waals surface area contributed by atoms with Gasteiger partial charge in [0, 0.05) is 16.9 Å². The Morgan fingerprint density at radius 2 is 0.632 bits per heavy atom. The predicted molar refractivity (Wildman–Crippen MR) is 285 cm³/mol. The second-order valence-corrected chi connectivity index (χ2v) is 18.0. The Morgan fingerprint density at radius 3 is 1.24 bits per heavy atom. The van der Waals surface area contributed by atoms with Gasteiger partial charge >= 0.3 is 0 Å². The summed E-state index contributed by atoms with van der Waals surface area (Å²) in [5.74, 6) is 0. The smallest absolute Gasteiger partial charge is 0.0725 e. The van der Waals surface area contributed by atoms with E-state index in [9.17, 15) is 0 Å². The fourth-order valence-electron chi connectivity index (χ4n) is 11.3. The first-order valence-electron chi connectivity index (χ1n) is 23.6. The lowest BCUT2D eigenvalue weighted by Gasteiger charge is -2.32. The van der Waals surface area contributed by atoms with E-state index in [1.165, 1.54) is 100 Å². The fraction of sp³-hybridized carbons (Fsp3) is 0.0149. The number of hydrogen-bond acceptors (Lipinski definition) is 1. The molecule has 2 aliphatic carbocycles. The van der Waals surface area contributed by atoms with Crippen molar-refractivity contribution < 1.29 is 0 Å². The summed E-state index contributed by atoms with van der Waals surface area (Å²) in [5, 5.41) is 0. The summed E-state index contributed by atoms with van der Waals surface area (Å²) in [6, 6.07) is 101. The van der Waals surface area contributed by atoms with Crippen molar-refractivity contribution in [3.8, 4) is 77.9 Å². The first-order valence-corrected chi connectivity index (χ1v) is 23.6. The predicted octanol–water partition coefficient (Wildman–Crippen LogP) is 17.8. The van der Waals surface area contributed by atoms with Crippen LogP contribution in [-0.4, -0.2) is 0 Å². The average Bonchev–Trinajstić information content (AvgIpc) is 3.89. The van der Waals surface area contributed by atoms with Crippen molar-refractivity contribution >= 4 is 17.1 Å². The van der Waals surface area contributed by atoms with Gasteiger partial charge in [-0.15, -0.1) is 0 Å². The molecular weight excluding hydrogens is 819 g/mol. The lowest BCUT2D eigenvalue weighted by Crippen LogP contribution is -2.26. The van der Waals surface area contributed by atoms with Crippen LogP contribution in [0.15, 0.2) is 273 Å². The minimum Gasteiger partial charge on any atom is -0.310 e. The van der Waals surface area contributed by atoms with Gasteiger partial charge in [0.25, 0.3) is 0 Å². The zero-order valence-corrected chi connectivity index (χ0v) is 37.4. The highest BCUT2D eigenvalue weighted by Crippen LogP contribution is 2.64. The minimum absolute atomic E-state index is 0.522. The van der Waals surface area contributed by atoms with E-state index in [1.807, 2.05) is 0 Å². The van der Waals surface area contributed by atoms with Crippen LogP contribution in [0.4, 0.5) is 17.1 Å². The molecule has 318 valence electrons. The van der Waals surface area contributed by atoms with Gasteiger partial charge < -0.3 is 4.90 Å². The van der Waals surface area contributed by atoms with Gasteiger partial charge in [0.2, 0.25) is 0 Å². The Morgan fingerprint density at radius 1 is 0.206 bits per heavy atom. The van der Waals surface area contributed by atoms with Crippen molar-refractivity contribution in [3.63, 3.8) is 0 Å². The molecule has 11 aromatic carbocycles. The van der Waals surface area contributed by atoms with Gasteiger partial charge in [0.15, 0.2) is 0 Å². The minimum atomic E-state index is -0.522. The third-order valence-corrected chi connectivity index (χ3v) is 14.3. The molecule has 0 saturated carbocycles. The first-order chi connectivity index (χ1) is 33.7. The lowest BCUT2D eigenvalue weighted by atomic mass is 9.70. The van der Waals surface area contributed by atoms with Crippen LogP contribution in [0.2, 0.25) is 0 Å². The van der Waals surface area contributed by atoms with Crippen LogP contribution >= 0.6 is 0 Å². The molecule has 0 fully saturated rings. The maximum absolute atomic E-state index is 2.51. The van der Waals surface area contributed by atoms with Gasteiger partial charge in [0.05, 0.1) is 11.1 Å². The molecule has 0 heterocycles. The SMILES string of the molecule is c1ccc(-c2cc(-c3ccccc3)cc(-c3ccc4c(c3)C3(c5ccccc5-c5ccccc53)c3ccc(N(c5cccc(-c6ccccc6)c5)c5ccccc5-c5ccccc5)cc3-4)c2)cc1. The molecule has 2 aliphatic rings. The van der Waals surface area contributed by atoms with Gasteiger partial charge in [-0.3, -0.25) is 0 Å². The molecule has 0 bridgehead atoms. The molecule has 0 aliphatic heterocycles. The molecule has 0 atom stereocenters. The highest BCUT2D eigenvalue weighted by molar-refractivity contribution is 5.99. The van der Waals surface area contributed by atoms with Gasteiger partial charge in [0.1, 0.15) is 0 Å². The third-order valence-electron chi connectivity index (χ3n) is 14.3. The van der Waals surface area contributed by atoms with E-state index in [0.717, 1.165) is 17.1 Å². The van der Waals surface area contributed by atoms with Crippen LogP contribution in [0, 0.1) is 0 Å². The summed E-state index contributed by atoms with van der Waals surface area (Å²) < 4.78 is 0. The monoisotopic (exact) mass is 863 g/mol. The van der Waals surface area contributed by atoms with Gasteiger partial charge in [-0.1, -0.05) is 218 Å². The number of anilines is 3. The number of nitrogens with zero attached hydrogens (tertiary/aromatic N) is 1. The molecule has 0 N–H and O–H groups in total. The topological polar surface area (TPSA) is 3.24 Å². The highest BCUT2D eigenvalue weighted by atomic mass is 15.1. The lowest BCUT2D eigenvalue weighted by molar-refractivity contribution is 0.794. The maximum Gasteiger partial charge on any atom is 0.0725 e. The summed E-state index contributed by atoms with van der Waals surface area (Å²) in [5.41, 5.74) is 25.1. The molecule has 68 heavy (non-hydrogen) atoms. The van der Waals surface area contributed by atoms with Crippen molar-refractivity contribution in [1.29, 1.82) is 0 Å². The molecule has 1 heteroatoms. The number of rotatable bonds is 8. The molecule has 0 radical (unpaired) electrons. The quantitative estimate of drug-likeness (QED) is 0.147. The first kappa shape index (κ1) is 39.6. The highest BCUT2D eigenvalue weighted by Gasteiger charge is 2.51. The van der Waals surface area contributed by atoms with E-state index >= 15 is 0 Å². The van der Waals surface area contributed by atoms with E-state index in [1.54, 1.807) is 0 Å². The van der Waals surface area contributed by atoms with E-state index < -0.39 is 5.41 Å². The van der Waals surface area contributed by atoms with Crippen LogP contribution in [0.25, 0.3) is 77.9 Å². The molecule has 0 unspecified atom stereocenters. The Balaban J connectivity index is 1.06. The Labute approximate surface area is 398 Å². The van der Waals surface area contributed by atoms with Crippen LogP contribution in [0.1, 0.15) is 22.3 Å². The Bertz CT molecular complexity index is 3560. The summed E-state index contributed by atoms with van der Waals surface area (Å²) in [6.07, 6.45) is 0. The van der Waals surface area contributed by atoms with E-state index in [2.05, 4.69) is 278 Å². The number of benzene rings is 11. The van der Waals surface area contributed by atoms with Crippen molar-refractivity contribution in [2.45, 2.75) is 5.41 Å². The second kappa shape index (κ2) is 16.3. The molecule has 0 amide bonds. The van der Waals surface area contributed by atoms with Crippen LogP contribution in [-0.2, 0) is 5.41 Å². The van der Waals surface area contributed by atoms with Crippen molar-refractivity contribution in [2.24, 2.45) is 0 Å². The van der Waals surface area contributed by atoms with Crippen molar-refractivity contribution in [3.05, 3.63) is 295 Å². The molecular formula is C67H45N. The molecule has 13 rings (SSSR count). The standard InChI is InChI=1S/C67H45N/c1-5-20-46(21-6-1)50-28-19-29-55(43-50)68(66-35-18-15-30-57(66)49-26-11-4-12-27-49)56-37-39-64-61(45-56)60-38-36-51(44-65(60)67(64)62-33-16-13-31-58(62)59-32-14-17-34-63(59)67)54-41-52(47-22-7-2-8-23-47)40-53(42-54)48-24-9-3-10-25-48/h1-45H. The number of fused-ring (bicyclic) bond motifs is 10. The van der Waals surface area contributed by atoms with Crippen LogP contribution < -0.4 is 4.90 Å². The van der Waals surface area contributed by atoms with Crippen LogP contribution in [0.5, 0.6) is 0 Å². The van der Waals surface area contributed by atoms with Crippen molar-refractivity contribution in [2.75, 3.05) is 4.90 Å². The number of hydrogen-bond donors (Lipinski definition) is 0. The normalized spacial score (nSPS) is 12.5. The van der Waals surface area contributed by atoms with E-state index in [4.69, 9.17) is 0 Å². The zero-order valence-electron chi connectivity index (χ0n) is 37.4. The van der Waals surface area contributed by atoms with Gasteiger partial charge in [-0.25, -0.2) is 0 Å². The Hall–Kier alpha value is -8.78. The number of para-hydroxylation sites is 1. The summed E-state index contributed by atoms with van der Waals surface area (Å²) in [7, 11) is 0. The largest absolute Gasteiger partial charge is 0.310 e. The van der Waals surface area contributed by atoms with Crippen LogP contribution in [0.3, 0.4) is 0 Å². The summed E-state index contributed by atoms with van der Waals surface area (Å²) in [4.78, 5) is 2.46. The summed E-state index contributed by atoms with van der Waals surface area (Å²) >= 11 is 0. The summed E-state index contributed by atoms with van der Waals surface area (Å²) in [6.45, 7) is 0. The molecule has 1 spiro atoms. The van der Waals surface area contributed by atoms with Crippen molar-refractivity contribution in [1.82, 2.24) is 0 Å². The second-order valence-electron chi connectivity index (χ2n) is 18.0.